The van der Waals surface area contributed by atoms with Crippen LogP contribution in [0.15, 0.2) is 18.2 Å². The molecule has 2 saturated heterocycles. The molecule has 1 aromatic rings. The van der Waals surface area contributed by atoms with Gasteiger partial charge in [0.15, 0.2) is 11.6 Å². The lowest BCUT2D eigenvalue weighted by Crippen LogP contribution is -2.60. The van der Waals surface area contributed by atoms with Gasteiger partial charge < -0.3 is 14.5 Å². The van der Waals surface area contributed by atoms with Crippen LogP contribution < -0.4 is 4.74 Å². The van der Waals surface area contributed by atoms with Crippen molar-refractivity contribution in [1.29, 1.82) is 0 Å². The molecule has 126 valence electrons. The summed E-state index contributed by atoms with van der Waals surface area (Å²) in [5.74, 6) is -0.117. The zero-order chi connectivity index (χ0) is 16.6. The zero-order valence-electron chi connectivity index (χ0n) is 14.1. The van der Waals surface area contributed by atoms with Crippen molar-refractivity contribution in [3.8, 4) is 5.75 Å². The van der Waals surface area contributed by atoms with Crippen molar-refractivity contribution < 1.29 is 13.9 Å². The lowest BCUT2D eigenvalue weighted by molar-refractivity contribution is -0.142. The van der Waals surface area contributed by atoms with Crippen molar-refractivity contribution in [3.63, 3.8) is 0 Å². The van der Waals surface area contributed by atoms with E-state index in [1.54, 1.807) is 12.1 Å². The van der Waals surface area contributed by atoms with Crippen molar-refractivity contribution in [2.45, 2.75) is 32.7 Å². The van der Waals surface area contributed by atoms with Crippen LogP contribution in [0.4, 0.5) is 4.39 Å². The van der Waals surface area contributed by atoms with E-state index in [0.717, 1.165) is 26.2 Å². The molecule has 0 saturated carbocycles. The van der Waals surface area contributed by atoms with E-state index in [4.69, 9.17) is 4.74 Å². The second-order valence-electron chi connectivity index (χ2n) is 7.21. The number of ether oxygens (including phenoxy) is 1. The van der Waals surface area contributed by atoms with Crippen molar-refractivity contribution in [1.82, 2.24) is 9.80 Å². The zero-order valence-corrected chi connectivity index (χ0v) is 14.1. The van der Waals surface area contributed by atoms with Crippen LogP contribution in [0.3, 0.4) is 0 Å². The Morgan fingerprint density at radius 1 is 1.35 bits per heavy atom. The van der Waals surface area contributed by atoms with Gasteiger partial charge in [-0.15, -0.1) is 0 Å². The van der Waals surface area contributed by atoms with E-state index in [1.807, 2.05) is 4.90 Å². The highest BCUT2D eigenvalue weighted by Gasteiger charge is 2.49. The molecule has 1 amide bonds. The maximum Gasteiger partial charge on any atom is 0.227 e. The molecular weight excluding hydrogens is 295 g/mol. The van der Waals surface area contributed by atoms with Crippen molar-refractivity contribution in [2.75, 3.05) is 33.3 Å². The summed E-state index contributed by atoms with van der Waals surface area (Å²) < 4.78 is 18.6. The normalized spacial score (nSPS) is 20.1. The van der Waals surface area contributed by atoms with E-state index < -0.39 is 5.82 Å². The van der Waals surface area contributed by atoms with E-state index in [0.29, 0.717) is 17.0 Å². The molecule has 2 heterocycles. The Morgan fingerprint density at radius 2 is 2.09 bits per heavy atom. The van der Waals surface area contributed by atoms with Crippen molar-refractivity contribution in [2.24, 2.45) is 5.41 Å². The standard InChI is InChI=1S/C18H25FN2O2/c1-13(2)20-7-6-18(10-20)11-21(12-18)17(22)9-14-4-5-16(23-3)15(19)8-14/h4-5,8,13H,6-7,9-12H2,1-3H3. The summed E-state index contributed by atoms with van der Waals surface area (Å²) in [6, 6.07) is 5.29. The summed E-state index contributed by atoms with van der Waals surface area (Å²) >= 11 is 0. The van der Waals surface area contributed by atoms with E-state index >= 15 is 0 Å². The number of carbonyl (C=O) groups is 1. The Hall–Kier alpha value is -1.62. The number of amides is 1. The number of halogens is 1. The molecule has 5 heteroatoms. The predicted octanol–water partition coefficient (Wildman–Crippen LogP) is 2.32. The molecular formula is C18H25FN2O2. The lowest BCUT2D eigenvalue weighted by Gasteiger charge is -2.48. The molecule has 1 spiro atoms. The van der Waals surface area contributed by atoms with Gasteiger partial charge in [0.1, 0.15) is 0 Å². The highest BCUT2D eigenvalue weighted by atomic mass is 19.1. The highest BCUT2D eigenvalue weighted by molar-refractivity contribution is 5.79. The molecule has 4 nitrogen and oxygen atoms in total. The molecule has 0 aliphatic carbocycles. The average Bonchev–Trinajstić information content (AvgIpc) is 2.91. The second kappa shape index (κ2) is 6.11. The minimum Gasteiger partial charge on any atom is -0.494 e. The van der Waals surface area contributed by atoms with E-state index in [2.05, 4.69) is 18.7 Å². The summed E-state index contributed by atoms with van der Waals surface area (Å²) in [4.78, 5) is 16.8. The predicted molar refractivity (Wildman–Crippen MR) is 87.0 cm³/mol. The SMILES string of the molecule is COc1ccc(CC(=O)N2CC3(CCN(C(C)C)C3)C2)cc1F. The van der Waals surface area contributed by atoms with Crippen molar-refractivity contribution >= 4 is 5.91 Å². The molecule has 1 aromatic carbocycles. The van der Waals surface area contributed by atoms with Gasteiger partial charge in [0.05, 0.1) is 13.5 Å². The van der Waals surface area contributed by atoms with Gasteiger partial charge in [-0.2, -0.15) is 0 Å². The number of carbonyl (C=O) groups excluding carboxylic acids is 1. The van der Waals surface area contributed by atoms with Crippen LogP contribution in [-0.2, 0) is 11.2 Å². The molecule has 2 aliphatic rings. The Kier molecular flexibility index (Phi) is 4.32. The molecule has 0 N–H and O–H groups in total. The first-order valence-corrected chi connectivity index (χ1v) is 8.27. The Morgan fingerprint density at radius 3 is 2.65 bits per heavy atom. The summed E-state index contributed by atoms with van der Waals surface area (Å²) in [7, 11) is 1.44. The molecule has 2 fully saturated rings. The second-order valence-corrected chi connectivity index (χ2v) is 7.21. The van der Waals surface area contributed by atoms with Crippen LogP contribution in [0, 0.1) is 11.2 Å². The van der Waals surface area contributed by atoms with Gasteiger partial charge in [0, 0.05) is 31.1 Å². The first-order chi connectivity index (χ1) is 10.9. The van der Waals surface area contributed by atoms with Gasteiger partial charge in [-0.1, -0.05) is 6.07 Å². The molecule has 0 aromatic heterocycles. The molecule has 2 aliphatic heterocycles. The molecule has 23 heavy (non-hydrogen) atoms. The maximum atomic E-state index is 13.7. The molecule has 0 radical (unpaired) electrons. The highest BCUT2D eigenvalue weighted by Crippen LogP contribution is 2.40. The minimum atomic E-state index is -0.416. The minimum absolute atomic E-state index is 0.0863. The van der Waals surface area contributed by atoms with Gasteiger partial charge >= 0.3 is 0 Å². The van der Waals surface area contributed by atoms with Gasteiger partial charge in [0.2, 0.25) is 5.91 Å². The summed E-state index contributed by atoms with van der Waals surface area (Å²) in [6.45, 7) is 8.34. The molecule has 0 bridgehead atoms. The lowest BCUT2D eigenvalue weighted by atomic mass is 9.78. The maximum absolute atomic E-state index is 13.7. The Labute approximate surface area is 137 Å². The van der Waals surface area contributed by atoms with E-state index in [1.165, 1.54) is 19.6 Å². The van der Waals surface area contributed by atoms with Crippen LogP contribution >= 0.6 is 0 Å². The van der Waals surface area contributed by atoms with Gasteiger partial charge in [-0.05, 0) is 44.5 Å². The number of benzene rings is 1. The van der Waals surface area contributed by atoms with Crippen LogP contribution in [0.2, 0.25) is 0 Å². The fourth-order valence-corrected chi connectivity index (χ4v) is 3.71. The third-order valence-corrected chi connectivity index (χ3v) is 5.17. The number of hydrogen-bond donors (Lipinski definition) is 0. The number of hydrogen-bond acceptors (Lipinski definition) is 3. The fourth-order valence-electron chi connectivity index (χ4n) is 3.71. The summed E-state index contributed by atoms with van der Waals surface area (Å²) in [5.41, 5.74) is 0.995. The van der Waals surface area contributed by atoms with Crippen LogP contribution in [0.1, 0.15) is 25.8 Å². The molecule has 3 rings (SSSR count). The summed E-state index contributed by atoms with van der Waals surface area (Å²) in [6.07, 6.45) is 1.43. The largest absolute Gasteiger partial charge is 0.494 e. The number of rotatable bonds is 4. The third kappa shape index (κ3) is 3.20. The van der Waals surface area contributed by atoms with Gasteiger partial charge in [-0.25, -0.2) is 4.39 Å². The quantitative estimate of drug-likeness (QED) is 0.853. The molecule has 0 unspecified atom stereocenters. The number of likely N-dealkylation sites (tertiary alicyclic amines) is 2. The average molecular weight is 320 g/mol. The Balaban J connectivity index is 1.54. The van der Waals surface area contributed by atoms with E-state index in [9.17, 15) is 9.18 Å². The molecule has 0 atom stereocenters. The number of nitrogens with zero attached hydrogens (tertiary/aromatic N) is 2. The Bertz CT molecular complexity index is 597. The van der Waals surface area contributed by atoms with Crippen LogP contribution in [0.25, 0.3) is 0 Å². The smallest absolute Gasteiger partial charge is 0.227 e. The van der Waals surface area contributed by atoms with Crippen LogP contribution in [0.5, 0.6) is 5.75 Å². The van der Waals surface area contributed by atoms with Gasteiger partial charge in [-0.3, -0.25) is 4.79 Å². The summed E-state index contributed by atoms with van der Waals surface area (Å²) in [5, 5.41) is 0. The van der Waals surface area contributed by atoms with Gasteiger partial charge in [0.25, 0.3) is 0 Å². The first-order valence-electron chi connectivity index (χ1n) is 8.27. The number of methoxy groups -OCH3 is 1. The topological polar surface area (TPSA) is 32.8 Å². The first kappa shape index (κ1) is 16.2. The van der Waals surface area contributed by atoms with E-state index in [-0.39, 0.29) is 18.1 Å². The van der Waals surface area contributed by atoms with Crippen LogP contribution in [-0.4, -0.2) is 55.0 Å². The fraction of sp³-hybridized carbons (Fsp3) is 0.611. The monoisotopic (exact) mass is 320 g/mol. The van der Waals surface area contributed by atoms with Crippen molar-refractivity contribution in [3.05, 3.63) is 29.6 Å². The third-order valence-electron chi connectivity index (χ3n) is 5.17.